The highest BCUT2D eigenvalue weighted by molar-refractivity contribution is 5.80. The number of ether oxygens (including phenoxy) is 2. The number of carbonyl (C=O) groups excluding carboxylic acids is 1. The van der Waals surface area contributed by atoms with Crippen molar-refractivity contribution in [1.82, 2.24) is 0 Å². The van der Waals surface area contributed by atoms with E-state index in [0.29, 0.717) is 19.4 Å². The Bertz CT molecular complexity index is 311. The van der Waals surface area contributed by atoms with Crippen molar-refractivity contribution < 1.29 is 14.3 Å². The van der Waals surface area contributed by atoms with Crippen LogP contribution in [-0.4, -0.2) is 18.7 Å². The molecular formula is C12H14O3. The highest BCUT2D eigenvalue weighted by atomic mass is 16.7. The summed E-state index contributed by atoms with van der Waals surface area (Å²) in [6.07, 6.45) is 1.02. The first kappa shape index (κ1) is 10.3. The standard InChI is InChI=1S/C12H14O3/c13-11-6-7-12(15-9-11)14-8-10-4-2-1-3-5-10/h1-5,12H,6-9H2. The molecule has 1 aliphatic heterocycles. The molecule has 0 spiro atoms. The second kappa shape index (κ2) is 5.05. The topological polar surface area (TPSA) is 35.5 Å². The molecule has 15 heavy (non-hydrogen) atoms. The van der Waals surface area contributed by atoms with Crippen LogP contribution in [0, 0.1) is 0 Å². The monoisotopic (exact) mass is 206 g/mol. The molecule has 0 radical (unpaired) electrons. The van der Waals surface area contributed by atoms with Crippen LogP contribution in [0.15, 0.2) is 30.3 Å². The van der Waals surface area contributed by atoms with Crippen LogP contribution < -0.4 is 0 Å². The molecule has 1 aliphatic rings. The van der Waals surface area contributed by atoms with E-state index >= 15 is 0 Å². The summed E-state index contributed by atoms with van der Waals surface area (Å²) in [6, 6.07) is 9.94. The lowest BCUT2D eigenvalue weighted by atomic mass is 10.2. The molecule has 1 unspecified atom stereocenters. The normalized spacial score (nSPS) is 21.6. The number of hydrogen-bond donors (Lipinski definition) is 0. The molecular weight excluding hydrogens is 192 g/mol. The van der Waals surface area contributed by atoms with E-state index in [0.717, 1.165) is 5.56 Å². The number of ketones is 1. The fourth-order valence-electron chi connectivity index (χ4n) is 1.52. The van der Waals surface area contributed by atoms with Crippen LogP contribution in [0.25, 0.3) is 0 Å². The predicted molar refractivity (Wildman–Crippen MR) is 55.2 cm³/mol. The van der Waals surface area contributed by atoms with Crippen LogP contribution in [0.2, 0.25) is 0 Å². The number of hydrogen-bond acceptors (Lipinski definition) is 3. The first-order chi connectivity index (χ1) is 7.34. The van der Waals surface area contributed by atoms with Crippen LogP contribution in [0.3, 0.4) is 0 Å². The highest BCUT2D eigenvalue weighted by Crippen LogP contribution is 2.13. The molecule has 1 fully saturated rings. The van der Waals surface area contributed by atoms with E-state index in [4.69, 9.17) is 9.47 Å². The molecule has 1 saturated heterocycles. The molecule has 2 rings (SSSR count). The van der Waals surface area contributed by atoms with Crippen molar-refractivity contribution in [3.63, 3.8) is 0 Å². The molecule has 1 aromatic rings. The van der Waals surface area contributed by atoms with Crippen LogP contribution in [-0.2, 0) is 20.9 Å². The van der Waals surface area contributed by atoms with Crippen molar-refractivity contribution in [2.24, 2.45) is 0 Å². The zero-order valence-electron chi connectivity index (χ0n) is 8.52. The van der Waals surface area contributed by atoms with Gasteiger partial charge in [0, 0.05) is 12.8 Å². The van der Waals surface area contributed by atoms with Gasteiger partial charge in [0.05, 0.1) is 6.61 Å². The Morgan fingerprint density at radius 3 is 2.80 bits per heavy atom. The van der Waals surface area contributed by atoms with E-state index < -0.39 is 0 Å². The van der Waals surface area contributed by atoms with Gasteiger partial charge in [0.2, 0.25) is 0 Å². The van der Waals surface area contributed by atoms with Crippen molar-refractivity contribution in [3.8, 4) is 0 Å². The smallest absolute Gasteiger partial charge is 0.159 e. The van der Waals surface area contributed by atoms with Gasteiger partial charge in [0.15, 0.2) is 12.1 Å². The Morgan fingerprint density at radius 1 is 1.33 bits per heavy atom. The predicted octanol–water partition coefficient (Wildman–Crippen LogP) is 1.91. The fourth-order valence-corrected chi connectivity index (χ4v) is 1.52. The number of Topliss-reactive ketones (excluding diaryl/α,β-unsaturated/α-hetero) is 1. The van der Waals surface area contributed by atoms with Gasteiger partial charge in [-0.15, -0.1) is 0 Å². The first-order valence-corrected chi connectivity index (χ1v) is 5.13. The Hall–Kier alpha value is -1.19. The summed E-state index contributed by atoms with van der Waals surface area (Å²) < 4.78 is 10.8. The van der Waals surface area contributed by atoms with Gasteiger partial charge in [-0.2, -0.15) is 0 Å². The van der Waals surface area contributed by atoms with Crippen molar-refractivity contribution in [3.05, 3.63) is 35.9 Å². The lowest BCUT2D eigenvalue weighted by molar-refractivity contribution is -0.176. The van der Waals surface area contributed by atoms with E-state index in [1.165, 1.54) is 0 Å². The first-order valence-electron chi connectivity index (χ1n) is 5.13. The third-order valence-corrected chi connectivity index (χ3v) is 2.37. The van der Waals surface area contributed by atoms with Crippen LogP contribution >= 0.6 is 0 Å². The summed E-state index contributed by atoms with van der Waals surface area (Å²) in [6.45, 7) is 0.735. The van der Waals surface area contributed by atoms with Gasteiger partial charge in [-0.1, -0.05) is 30.3 Å². The van der Waals surface area contributed by atoms with E-state index in [9.17, 15) is 4.79 Å². The summed E-state index contributed by atoms with van der Waals surface area (Å²) in [4.78, 5) is 10.9. The maximum atomic E-state index is 10.9. The van der Waals surface area contributed by atoms with Gasteiger partial charge in [0.25, 0.3) is 0 Å². The molecule has 0 aromatic heterocycles. The summed E-state index contributed by atoms with van der Waals surface area (Å²) in [7, 11) is 0. The van der Waals surface area contributed by atoms with Crippen molar-refractivity contribution >= 4 is 5.78 Å². The van der Waals surface area contributed by atoms with Gasteiger partial charge < -0.3 is 9.47 Å². The van der Waals surface area contributed by atoms with E-state index in [2.05, 4.69) is 0 Å². The fraction of sp³-hybridized carbons (Fsp3) is 0.417. The third-order valence-electron chi connectivity index (χ3n) is 2.37. The highest BCUT2D eigenvalue weighted by Gasteiger charge is 2.19. The Morgan fingerprint density at radius 2 is 2.13 bits per heavy atom. The summed E-state index contributed by atoms with van der Waals surface area (Å²) in [5.74, 6) is 0.162. The number of benzene rings is 1. The summed E-state index contributed by atoms with van der Waals surface area (Å²) in [5, 5.41) is 0. The average molecular weight is 206 g/mol. The molecule has 3 heteroatoms. The largest absolute Gasteiger partial charge is 0.348 e. The number of carbonyl (C=O) groups is 1. The minimum atomic E-state index is -0.220. The molecule has 1 aromatic carbocycles. The number of rotatable bonds is 3. The minimum absolute atomic E-state index is 0.162. The molecule has 1 atom stereocenters. The second-order valence-electron chi connectivity index (χ2n) is 3.61. The van der Waals surface area contributed by atoms with Crippen molar-refractivity contribution in [1.29, 1.82) is 0 Å². The van der Waals surface area contributed by atoms with Crippen LogP contribution in [0.1, 0.15) is 18.4 Å². The van der Waals surface area contributed by atoms with Crippen molar-refractivity contribution in [2.75, 3.05) is 6.61 Å². The quantitative estimate of drug-likeness (QED) is 0.757. The van der Waals surface area contributed by atoms with E-state index in [1.54, 1.807) is 0 Å². The zero-order chi connectivity index (χ0) is 10.5. The zero-order valence-corrected chi connectivity index (χ0v) is 8.52. The molecule has 3 nitrogen and oxygen atoms in total. The SMILES string of the molecule is O=C1CCC(OCc2ccccc2)OC1. The second-order valence-corrected chi connectivity index (χ2v) is 3.61. The lowest BCUT2D eigenvalue weighted by Crippen LogP contribution is -2.27. The maximum absolute atomic E-state index is 10.9. The van der Waals surface area contributed by atoms with Crippen LogP contribution in [0.5, 0.6) is 0 Å². The Balaban J connectivity index is 1.77. The lowest BCUT2D eigenvalue weighted by Gasteiger charge is -2.21. The average Bonchev–Trinajstić information content (AvgIpc) is 2.30. The summed E-state index contributed by atoms with van der Waals surface area (Å²) in [5.41, 5.74) is 1.12. The van der Waals surface area contributed by atoms with Crippen molar-refractivity contribution in [2.45, 2.75) is 25.7 Å². The Kier molecular flexibility index (Phi) is 3.48. The van der Waals surface area contributed by atoms with Gasteiger partial charge in [-0.05, 0) is 5.56 Å². The Labute approximate surface area is 89.0 Å². The van der Waals surface area contributed by atoms with E-state index in [-0.39, 0.29) is 18.7 Å². The van der Waals surface area contributed by atoms with Gasteiger partial charge in [0.1, 0.15) is 6.61 Å². The molecule has 1 heterocycles. The van der Waals surface area contributed by atoms with Gasteiger partial charge in [-0.25, -0.2) is 0 Å². The molecule has 0 saturated carbocycles. The molecule has 0 aliphatic carbocycles. The minimum Gasteiger partial charge on any atom is -0.348 e. The van der Waals surface area contributed by atoms with Gasteiger partial charge in [-0.3, -0.25) is 4.79 Å². The molecule has 0 bridgehead atoms. The molecule has 0 amide bonds. The third kappa shape index (κ3) is 3.15. The maximum Gasteiger partial charge on any atom is 0.159 e. The molecule has 0 N–H and O–H groups in total. The summed E-state index contributed by atoms with van der Waals surface area (Å²) >= 11 is 0. The van der Waals surface area contributed by atoms with Crippen LogP contribution in [0.4, 0.5) is 0 Å². The van der Waals surface area contributed by atoms with Gasteiger partial charge >= 0.3 is 0 Å². The molecule has 80 valence electrons. The van der Waals surface area contributed by atoms with E-state index in [1.807, 2.05) is 30.3 Å².